The van der Waals surface area contributed by atoms with Crippen molar-refractivity contribution in [1.29, 1.82) is 0 Å². The molecular weight excluding hydrogens is 408 g/mol. The smallest absolute Gasteiger partial charge is 0.264 e. The summed E-state index contributed by atoms with van der Waals surface area (Å²) in [5.41, 5.74) is 3.38. The maximum absolute atomic E-state index is 13.5. The average Bonchev–Trinajstić information content (AvgIpc) is 2.71. The van der Waals surface area contributed by atoms with E-state index in [2.05, 4.69) is 19.2 Å². The minimum atomic E-state index is -3.89. The number of benzene rings is 2. The Hall–Kier alpha value is -2.34. The highest BCUT2D eigenvalue weighted by atomic mass is 32.2. The molecule has 0 aliphatic rings. The number of carbonyl (C=O) groups is 1. The highest BCUT2D eigenvalue weighted by molar-refractivity contribution is 7.92. The zero-order valence-electron chi connectivity index (χ0n) is 19.4. The Bertz CT molecular complexity index is 949. The van der Waals surface area contributed by atoms with Crippen LogP contribution < -0.4 is 9.62 Å². The van der Waals surface area contributed by atoms with Crippen molar-refractivity contribution in [1.82, 2.24) is 5.32 Å². The number of anilines is 1. The first-order chi connectivity index (χ1) is 14.7. The van der Waals surface area contributed by atoms with Crippen LogP contribution >= 0.6 is 0 Å². The van der Waals surface area contributed by atoms with Gasteiger partial charge in [-0.15, -0.1) is 0 Å². The molecule has 0 fully saturated rings. The molecule has 2 aromatic rings. The van der Waals surface area contributed by atoms with E-state index in [-0.39, 0.29) is 17.3 Å². The van der Waals surface area contributed by atoms with Gasteiger partial charge in [-0.2, -0.15) is 0 Å². The summed E-state index contributed by atoms with van der Waals surface area (Å²) in [5, 5.41) is 2.96. The average molecular weight is 445 g/mol. The van der Waals surface area contributed by atoms with Crippen LogP contribution in [0.3, 0.4) is 0 Å². The van der Waals surface area contributed by atoms with E-state index >= 15 is 0 Å². The summed E-state index contributed by atoms with van der Waals surface area (Å²) in [6, 6.07) is 12.3. The van der Waals surface area contributed by atoms with Gasteiger partial charge in [0, 0.05) is 6.54 Å². The fraction of sp³-hybridized carbons (Fsp3) is 0.480. The number of carbonyl (C=O) groups excluding carboxylic acids is 1. The summed E-state index contributed by atoms with van der Waals surface area (Å²) < 4.78 is 28.2. The van der Waals surface area contributed by atoms with Crippen molar-refractivity contribution in [3.63, 3.8) is 0 Å². The topological polar surface area (TPSA) is 66.5 Å². The molecule has 1 atom stereocenters. The lowest BCUT2D eigenvalue weighted by molar-refractivity contribution is -0.119. The molecular formula is C25H36N2O3S. The summed E-state index contributed by atoms with van der Waals surface area (Å²) in [4.78, 5) is 13.0. The maximum atomic E-state index is 13.5. The lowest BCUT2D eigenvalue weighted by atomic mass is 9.99. The van der Waals surface area contributed by atoms with Crippen LogP contribution in [0, 0.1) is 26.7 Å². The fourth-order valence-electron chi connectivity index (χ4n) is 3.63. The van der Waals surface area contributed by atoms with Crippen LogP contribution in [0.1, 0.15) is 56.2 Å². The molecule has 2 rings (SSSR count). The van der Waals surface area contributed by atoms with E-state index in [4.69, 9.17) is 0 Å². The van der Waals surface area contributed by atoms with E-state index in [0.29, 0.717) is 18.2 Å². The highest BCUT2D eigenvalue weighted by Crippen LogP contribution is 2.26. The number of nitrogens with one attached hydrogen (secondary N) is 1. The number of sulfonamides is 1. The van der Waals surface area contributed by atoms with E-state index in [1.807, 2.05) is 39.0 Å². The van der Waals surface area contributed by atoms with Gasteiger partial charge in [0.1, 0.15) is 6.54 Å². The third-order valence-electron chi connectivity index (χ3n) is 5.52. The monoisotopic (exact) mass is 444 g/mol. The van der Waals surface area contributed by atoms with E-state index < -0.39 is 10.0 Å². The van der Waals surface area contributed by atoms with Crippen LogP contribution in [0.2, 0.25) is 0 Å². The molecule has 0 aliphatic heterocycles. The molecule has 5 nitrogen and oxygen atoms in total. The van der Waals surface area contributed by atoms with E-state index in [1.54, 1.807) is 24.3 Å². The zero-order chi connectivity index (χ0) is 23.0. The van der Waals surface area contributed by atoms with Crippen molar-refractivity contribution in [2.24, 2.45) is 5.92 Å². The molecule has 0 saturated carbocycles. The summed E-state index contributed by atoms with van der Waals surface area (Å²) in [6.07, 6.45) is 4.31. The quantitative estimate of drug-likeness (QED) is 0.522. The Morgan fingerprint density at radius 3 is 2.13 bits per heavy atom. The van der Waals surface area contributed by atoms with Crippen LogP contribution in [0.4, 0.5) is 5.69 Å². The Morgan fingerprint density at radius 1 is 0.968 bits per heavy atom. The van der Waals surface area contributed by atoms with Crippen molar-refractivity contribution < 1.29 is 13.2 Å². The van der Waals surface area contributed by atoms with E-state index in [0.717, 1.165) is 42.4 Å². The van der Waals surface area contributed by atoms with Crippen molar-refractivity contribution in [2.45, 2.75) is 65.2 Å². The molecule has 0 saturated heterocycles. The van der Waals surface area contributed by atoms with Crippen LogP contribution in [0.5, 0.6) is 0 Å². The van der Waals surface area contributed by atoms with Crippen molar-refractivity contribution in [2.75, 3.05) is 17.4 Å². The lowest BCUT2D eigenvalue weighted by Crippen LogP contribution is -2.42. The molecule has 0 aromatic heterocycles. The first kappa shape index (κ1) is 24.9. The molecule has 31 heavy (non-hydrogen) atoms. The minimum absolute atomic E-state index is 0.180. The predicted molar refractivity (Wildman–Crippen MR) is 128 cm³/mol. The number of amides is 1. The molecule has 0 unspecified atom stereocenters. The fourth-order valence-corrected chi connectivity index (χ4v) is 5.04. The molecule has 1 amide bonds. The van der Waals surface area contributed by atoms with Gasteiger partial charge >= 0.3 is 0 Å². The number of aryl methyl sites for hydroxylation is 3. The second-order valence-electron chi connectivity index (χ2n) is 8.39. The summed E-state index contributed by atoms with van der Waals surface area (Å²) in [6.45, 7) is 10.4. The van der Waals surface area contributed by atoms with Gasteiger partial charge in [-0.05, 0) is 68.5 Å². The second kappa shape index (κ2) is 11.3. The number of hydrogen-bond acceptors (Lipinski definition) is 3. The third-order valence-corrected chi connectivity index (χ3v) is 7.31. The Labute approximate surface area is 187 Å². The Morgan fingerprint density at radius 2 is 1.58 bits per heavy atom. The van der Waals surface area contributed by atoms with E-state index in [1.165, 1.54) is 4.31 Å². The van der Waals surface area contributed by atoms with Crippen molar-refractivity contribution in [3.05, 3.63) is 59.2 Å². The molecule has 0 aliphatic carbocycles. The Kier molecular flexibility index (Phi) is 9.11. The van der Waals surface area contributed by atoms with Crippen LogP contribution in [-0.2, 0) is 14.8 Å². The number of hydrogen-bond donors (Lipinski definition) is 1. The highest BCUT2D eigenvalue weighted by Gasteiger charge is 2.27. The molecule has 0 bridgehead atoms. The van der Waals surface area contributed by atoms with Gasteiger partial charge in [-0.1, -0.05) is 56.9 Å². The molecule has 1 N–H and O–H groups in total. The molecule has 0 heterocycles. The van der Waals surface area contributed by atoms with Crippen molar-refractivity contribution in [3.8, 4) is 0 Å². The van der Waals surface area contributed by atoms with Crippen molar-refractivity contribution >= 4 is 21.6 Å². The van der Waals surface area contributed by atoms with Gasteiger partial charge in [0.15, 0.2) is 0 Å². The van der Waals surface area contributed by atoms with Gasteiger partial charge in [-0.25, -0.2) is 8.42 Å². The van der Waals surface area contributed by atoms with Gasteiger partial charge in [0.25, 0.3) is 10.0 Å². The minimum Gasteiger partial charge on any atom is -0.354 e. The van der Waals surface area contributed by atoms with E-state index in [9.17, 15) is 13.2 Å². The number of rotatable bonds is 11. The molecule has 2 aromatic carbocycles. The first-order valence-electron chi connectivity index (χ1n) is 11.1. The number of nitrogens with zero attached hydrogens (tertiary/aromatic N) is 1. The largest absolute Gasteiger partial charge is 0.354 e. The molecule has 0 spiro atoms. The van der Waals surface area contributed by atoms with Gasteiger partial charge in [0.05, 0.1) is 10.6 Å². The second-order valence-corrected chi connectivity index (χ2v) is 10.3. The third kappa shape index (κ3) is 7.10. The predicted octanol–water partition coefficient (Wildman–Crippen LogP) is 5.14. The maximum Gasteiger partial charge on any atom is 0.264 e. The van der Waals surface area contributed by atoms with Crippen LogP contribution in [-0.4, -0.2) is 27.4 Å². The van der Waals surface area contributed by atoms with Gasteiger partial charge in [-0.3, -0.25) is 9.10 Å². The van der Waals surface area contributed by atoms with Crippen LogP contribution in [0.15, 0.2) is 47.4 Å². The van der Waals surface area contributed by atoms with Gasteiger partial charge < -0.3 is 5.32 Å². The zero-order valence-corrected chi connectivity index (χ0v) is 20.3. The first-order valence-corrected chi connectivity index (χ1v) is 12.6. The van der Waals surface area contributed by atoms with Gasteiger partial charge in [0.2, 0.25) is 5.91 Å². The normalized spacial score (nSPS) is 12.4. The standard InChI is InChI=1S/C25H36N2O3S/c1-6-8-9-22(7-2)17-26-25(28)18-27(23-15-20(4)14-21(5)16-23)31(29,30)24-12-10-19(3)11-13-24/h10-16,22H,6-9,17-18H2,1-5H3,(H,26,28)/t22-/m0/s1. The summed E-state index contributed by atoms with van der Waals surface area (Å²) >= 11 is 0. The Balaban J connectivity index is 2.30. The lowest BCUT2D eigenvalue weighted by Gasteiger charge is -2.25. The summed E-state index contributed by atoms with van der Waals surface area (Å²) in [5.74, 6) is 0.122. The van der Waals surface area contributed by atoms with Crippen LogP contribution in [0.25, 0.3) is 0 Å². The molecule has 170 valence electrons. The summed E-state index contributed by atoms with van der Waals surface area (Å²) in [7, 11) is -3.89. The SMILES string of the molecule is CCCC[C@H](CC)CNC(=O)CN(c1cc(C)cc(C)c1)S(=O)(=O)c1ccc(C)cc1. The number of unbranched alkanes of at least 4 members (excludes halogenated alkanes) is 1. The molecule has 0 radical (unpaired) electrons. The molecule has 6 heteroatoms.